The van der Waals surface area contributed by atoms with Crippen LogP contribution in [0.25, 0.3) is 0 Å². The molecule has 0 saturated carbocycles. The molecule has 5 heteroatoms. The summed E-state index contributed by atoms with van der Waals surface area (Å²) < 4.78 is 18.2. The van der Waals surface area contributed by atoms with E-state index in [1.807, 2.05) is 6.92 Å². The van der Waals surface area contributed by atoms with Crippen molar-refractivity contribution in [1.29, 1.82) is 0 Å². The van der Waals surface area contributed by atoms with Gasteiger partial charge in [-0.15, -0.1) is 0 Å². The number of nitrogens with one attached hydrogen (secondary N) is 1. The highest BCUT2D eigenvalue weighted by atomic mass is 35.5. The van der Waals surface area contributed by atoms with Crippen LogP contribution in [-0.4, -0.2) is 19.6 Å². The number of carbonyl (C=O) groups excluding carboxylic acids is 1. The van der Waals surface area contributed by atoms with Crippen LogP contribution in [0.2, 0.25) is 5.02 Å². The second kappa shape index (κ2) is 5.82. The summed E-state index contributed by atoms with van der Waals surface area (Å²) in [6.07, 6.45) is 0. The molecule has 0 aliphatic carbocycles. The number of esters is 1. The Hall–Kier alpha value is -1.13. The molecule has 0 radical (unpaired) electrons. The van der Waals surface area contributed by atoms with Crippen LogP contribution in [0.4, 0.5) is 4.39 Å². The number of hydrogen-bond acceptors (Lipinski definition) is 3. The fourth-order valence-electron chi connectivity index (χ4n) is 1.41. The van der Waals surface area contributed by atoms with Gasteiger partial charge in [-0.1, -0.05) is 24.6 Å². The standard InChI is InChI=1S/C11H13ClFNO2/c1-3-14-10(11(15)16-2)9-7(12)5-4-6-8(9)13/h4-6,10,14H,3H2,1-2H3. The average molecular weight is 246 g/mol. The first-order valence-corrected chi connectivity index (χ1v) is 5.24. The number of halogens is 2. The van der Waals surface area contributed by atoms with Gasteiger partial charge in [-0.3, -0.25) is 0 Å². The van der Waals surface area contributed by atoms with Crippen molar-refractivity contribution >= 4 is 17.6 Å². The van der Waals surface area contributed by atoms with Gasteiger partial charge >= 0.3 is 5.97 Å². The fourth-order valence-corrected chi connectivity index (χ4v) is 1.68. The van der Waals surface area contributed by atoms with E-state index in [1.54, 1.807) is 0 Å². The second-order valence-corrected chi connectivity index (χ2v) is 3.56. The molecule has 1 rings (SSSR count). The highest BCUT2D eigenvalue weighted by Crippen LogP contribution is 2.26. The number of carbonyl (C=O) groups is 1. The van der Waals surface area contributed by atoms with Crippen LogP contribution in [0.3, 0.4) is 0 Å². The maximum Gasteiger partial charge on any atom is 0.327 e. The molecule has 1 atom stereocenters. The first-order chi connectivity index (χ1) is 7.61. The second-order valence-electron chi connectivity index (χ2n) is 3.15. The number of methoxy groups -OCH3 is 1. The van der Waals surface area contributed by atoms with E-state index in [4.69, 9.17) is 11.6 Å². The summed E-state index contributed by atoms with van der Waals surface area (Å²) in [5.74, 6) is -1.09. The average Bonchev–Trinajstić information content (AvgIpc) is 2.26. The smallest absolute Gasteiger partial charge is 0.327 e. The van der Waals surface area contributed by atoms with Gasteiger partial charge in [0.1, 0.15) is 11.9 Å². The Morgan fingerprint density at radius 1 is 1.62 bits per heavy atom. The molecule has 0 fully saturated rings. The van der Waals surface area contributed by atoms with Crippen LogP contribution in [0.5, 0.6) is 0 Å². The van der Waals surface area contributed by atoms with Crippen molar-refractivity contribution in [1.82, 2.24) is 5.32 Å². The Labute approximate surface area is 98.5 Å². The third kappa shape index (κ3) is 2.71. The van der Waals surface area contributed by atoms with Crippen molar-refractivity contribution in [2.24, 2.45) is 0 Å². The first kappa shape index (κ1) is 12.9. The molecule has 0 spiro atoms. The van der Waals surface area contributed by atoms with Crippen LogP contribution in [0.15, 0.2) is 18.2 Å². The van der Waals surface area contributed by atoms with Crippen molar-refractivity contribution in [3.8, 4) is 0 Å². The quantitative estimate of drug-likeness (QED) is 0.828. The normalized spacial score (nSPS) is 12.2. The molecule has 88 valence electrons. The molecule has 1 aromatic carbocycles. The first-order valence-electron chi connectivity index (χ1n) is 4.87. The zero-order valence-corrected chi connectivity index (χ0v) is 9.84. The van der Waals surface area contributed by atoms with E-state index in [2.05, 4.69) is 10.1 Å². The van der Waals surface area contributed by atoms with Crippen molar-refractivity contribution in [2.45, 2.75) is 13.0 Å². The predicted octanol–water partition coefficient (Wildman–Crippen LogP) is 2.30. The van der Waals surface area contributed by atoms with Gasteiger partial charge in [0.05, 0.1) is 7.11 Å². The number of hydrogen-bond donors (Lipinski definition) is 1. The summed E-state index contributed by atoms with van der Waals surface area (Å²) in [6.45, 7) is 2.31. The molecule has 0 amide bonds. The van der Waals surface area contributed by atoms with Gasteiger partial charge in [0.25, 0.3) is 0 Å². The van der Waals surface area contributed by atoms with E-state index in [0.29, 0.717) is 6.54 Å². The van der Waals surface area contributed by atoms with Gasteiger partial charge in [-0.25, -0.2) is 9.18 Å². The molecule has 0 saturated heterocycles. The van der Waals surface area contributed by atoms with Crippen molar-refractivity contribution in [2.75, 3.05) is 13.7 Å². The Bertz CT molecular complexity index is 364. The largest absolute Gasteiger partial charge is 0.468 e. The van der Waals surface area contributed by atoms with E-state index in [0.717, 1.165) is 0 Å². The Balaban J connectivity index is 3.15. The molecule has 3 nitrogen and oxygen atoms in total. The van der Waals surface area contributed by atoms with Gasteiger partial charge in [0.15, 0.2) is 0 Å². The molecule has 1 unspecified atom stereocenters. The SMILES string of the molecule is CCNC(C(=O)OC)c1c(F)cccc1Cl. The molecule has 0 aliphatic heterocycles. The minimum Gasteiger partial charge on any atom is -0.468 e. The summed E-state index contributed by atoms with van der Waals surface area (Å²) in [7, 11) is 1.25. The highest BCUT2D eigenvalue weighted by Gasteiger charge is 2.25. The molecule has 0 aliphatic rings. The fraction of sp³-hybridized carbons (Fsp3) is 0.364. The molecule has 0 aromatic heterocycles. The molecular formula is C11H13ClFNO2. The van der Waals surface area contributed by atoms with E-state index >= 15 is 0 Å². The summed E-state index contributed by atoms with van der Waals surface area (Å²) in [4.78, 5) is 11.5. The summed E-state index contributed by atoms with van der Waals surface area (Å²) in [6, 6.07) is 3.41. The Morgan fingerprint density at radius 3 is 2.81 bits per heavy atom. The van der Waals surface area contributed by atoms with Crippen LogP contribution >= 0.6 is 11.6 Å². The maximum absolute atomic E-state index is 13.6. The lowest BCUT2D eigenvalue weighted by atomic mass is 10.1. The third-order valence-corrected chi connectivity index (χ3v) is 2.46. The number of likely N-dealkylation sites (N-methyl/N-ethyl adjacent to an activating group) is 1. The molecule has 0 heterocycles. The minimum atomic E-state index is -0.872. The highest BCUT2D eigenvalue weighted by molar-refractivity contribution is 6.31. The van der Waals surface area contributed by atoms with Crippen molar-refractivity contribution < 1.29 is 13.9 Å². The molecule has 1 aromatic rings. The maximum atomic E-state index is 13.6. The topological polar surface area (TPSA) is 38.3 Å². The van der Waals surface area contributed by atoms with Gasteiger partial charge in [0.2, 0.25) is 0 Å². The number of benzene rings is 1. The zero-order valence-electron chi connectivity index (χ0n) is 9.09. The van der Waals surface area contributed by atoms with E-state index < -0.39 is 17.8 Å². The molecule has 0 bridgehead atoms. The van der Waals surface area contributed by atoms with E-state index in [1.165, 1.54) is 25.3 Å². The molecule has 16 heavy (non-hydrogen) atoms. The Morgan fingerprint density at radius 2 is 2.31 bits per heavy atom. The summed E-state index contributed by atoms with van der Waals surface area (Å²) in [5, 5.41) is 3.04. The van der Waals surface area contributed by atoms with Crippen LogP contribution in [-0.2, 0) is 9.53 Å². The summed E-state index contributed by atoms with van der Waals surface area (Å²) in [5.41, 5.74) is 0.123. The van der Waals surface area contributed by atoms with Gasteiger partial charge in [0, 0.05) is 10.6 Å². The van der Waals surface area contributed by atoms with Crippen LogP contribution < -0.4 is 5.32 Å². The van der Waals surface area contributed by atoms with E-state index in [9.17, 15) is 9.18 Å². The Kier molecular flexibility index (Phi) is 4.71. The lowest BCUT2D eigenvalue weighted by Crippen LogP contribution is -2.30. The minimum absolute atomic E-state index is 0.123. The monoisotopic (exact) mass is 245 g/mol. The van der Waals surface area contributed by atoms with Gasteiger partial charge in [-0.2, -0.15) is 0 Å². The third-order valence-electron chi connectivity index (χ3n) is 2.13. The number of ether oxygens (including phenoxy) is 1. The lowest BCUT2D eigenvalue weighted by molar-refractivity contribution is -0.143. The van der Waals surface area contributed by atoms with Crippen molar-refractivity contribution in [3.05, 3.63) is 34.6 Å². The molecular weight excluding hydrogens is 233 g/mol. The zero-order chi connectivity index (χ0) is 12.1. The van der Waals surface area contributed by atoms with Gasteiger partial charge in [-0.05, 0) is 18.7 Å². The van der Waals surface area contributed by atoms with Crippen LogP contribution in [0.1, 0.15) is 18.5 Å². The number of rotatable bonds is 4. The lowest BCUT2D eigenvalue weighted by Gasteiger charge is -2.17. The molecule has 1 N–H and O–H groups in total. The van der Waals surface area contributed by atoms with E-state index in [-0.39, 0.29) is 10.6 Å². The summed E-state index contributed by atoms with van der Waals surface area (Å²) >= 11 is 5.87. The predicted molar refractivity (Wildman–Crippen MR) is 59.8 cm³/mol. The van der Waals surface area contributed by atoms with Crippen LogP contribution in [0, 0.1) is 5.82 Å². The van der Waals surface area contributed by atoms with Gasteiger partial charge < -0.3 is 10.1 Å². The van der Waals surface area contributed by atoms with Crippen molar-refractivity contribution in [3.63, 3.8) is 0 Å².